The van der Waals surface area contributed by atoms with E-state index in [1.54, 1.807) is 5.56 Å². The van der Waals surface area contributed by atoms with Crippen molar-refractivity contribution in [3.05, 3.63) is 175 Å². The number of nitrogens with zero attached hydrogens (tertiary/aromatic N) is 1. The Morgan fingerprint density at radius 2 is 1.05 bits per heavy atom. The minimum atomic E-state index is 0.680. The first-order valence-corrected chi connectivity index (χ1v) is 21.9. The first kappa shape index (κ1) is 33.3. The van der Waals surface area contributed by atoms with Gasteiger partial charge in [-0.1, -0.05) is 135 Å². The highest BCUT2D eigenvalue weighted by Gasteiger charge is 2.23. The third kappa shape index (κ3) is 4.92. The van der Waals surface area contributed by atoms with E-state index in [-0.39, 0.29) is 0 Å². The minimum Gasteiger partial charge on any atom is -0.456 e. The third-order valence-electron chi connectivity index (χ3n) is 13.4. The fourth-order valence-electron chi connectivity index (χ4n) is 10.8. The maximum Gasteiger partial charge on any atom is 0.136 e. The van der Waals surface area contributed by atoms with Crippen molar-refractivity contribution >= 4 is 96.8 Å². The van der Waals surface area contributed by atoms with Gasteiger partial charge in [0.1, 0.15) is 11.2 Å². The summed E-state index contributed by atoms with van der Waals surface area (Å²) in [5.41, 5.74) is 12.0. The highest BCUT2D eigenvalue weighted by Crippen LogP contribution is 2.49. The maximum absolute atomic E-state index is 6.48. The summed E-state index contributed by atoms with van der Waals surface area (Å²) in [4.78, 5) is 0. The van der Waals surface area contributed by atoms with E-state index in [1.807, 2.05) is 11.3 Å². The van der Waals surface area contributed by atoms with Crippen LogP contribution in [-0.2, 0) is 0 Å². The molecule has 1 aliphatic rings. The van der Waals surface area contributed by atoms with Crippen LogP contribution in [0.15, 0.2) is 174 Å². The van der Waals surface area contributed by atoms with Crippen LogP contribution in [0.5, 0.6) is 0 Å². The van der Waals surface area contributed by atoms with Gasteiger partial charge in [-0.3, -0.25) is 0 Å². The molecule has 3 heterocycles. The molecule has 1 saturated carbocycles. The molecule has 0 atom stereocenters. The third-order valence-corrected chi connectivity index (χ3v) is 14.6. The molecular formula is C56H39NOS. The lowest BCUT2D eigenvalue weighted by molar-refractivity contribution is 0.446. The number of rotatable bonds is 4. The zero-order chi connectivity index (χ0) is 38.6. The monoisotopic (exact) mass is 773 g/mol. The van der Waals surface area contributed by atoms with Crippen LogP contribution in [0.1, 0.15) is 43.6 Å². The summed E-state index contributed by atoms with van der Waals surface area (Å²) in [5.74, 6) is 0.680. The number of furan rings is 1. The summed E-state index contributed by atoms with van der Waals surface area (Å²) in [6.45, 7) is 0. The molecule has 3 aromatic heterocycles. The number of para-hydroxylation sites is 2. The number of fused-ring (bicyclic) bond motifs is 12. The van der Waals surface area contributed by atoms with E-state index in [4.69, 9.17) is 4.42 Å². The molecule has 2 nitrogen and oxygen atoms in total. The van der Waals surface area contributed by atoms with Crippen molar-refractivity contribution in [1.29, 1.82) is 0 Å². The molecule has 280 valence electrons. The van der Waals surface area contributed by atoms with E-state index in [9.17, 15) is 0 Å². The molecule has 0 amide bonds. The van der Waals surface area contributed by atoms with Gasteiger partial charge in [0.2, 0.25) is 0 Å². The molecule has 1 fully saturated rings. The average molecular weight is 774 g/mol. The summed E-state index contributed by atoms with van der Waals surface area (Å²) in [7, 11) is 0. The SMILES string of the molecule is c1ccc(-n2c3ccc(-c4c5ccccc5c(-c5ccc6sc7c(C8CCCCC8)cccc7c6c5)c5ccccc45)cc3c3c4c(ccc32)oc2ccccc24)cc1. The van der Waals surface area contributed by atoms with E-state index in [0.717, 1.165) is 22.2 Å². The molecule has 0 unspecified atom stereocenters. The number of hydrogen-bond acceptors (Lipinski definition) is 2. The normalized spacial score (nSPS) is 14.0. The van der Waals surface area contributed by atoms with Crippen LogP contribution in [-0.4, -0.2) is 4.57 Å². The molecule has 3 heteroatoms. The number of thiophene rings is 1. The maximum atomic E-state index is 6.48. The van der Waals surface area contributed by atoms with Gasteiger partial charge < -0.3 is 8.98 Å². The Bertz CT molecular complexity index is 3590. The molecule has 59 heavy (non-hydrogen) atoms. The van der Waals surface area contributed by atoms with Gasteiger partial charge in [-0.15, -0.1) is 11.3 Å². The van der Waals surface area contributed by atoms with Crippen LogP contribution in [0.3, 0.4) is 0 Å². The van der Waals surface area contributed by atoms with Crippen molar-refractivity contribution in [1.82, 2.24) is 4.57 Å². The standard InChI is InChI=1S/C56H39NOS/c1-3-14-34(15-4-1)38-23-13-24-43-45-32-36(27-31-51(45)59-56(38)43)53-41-20-9-7-18-39(41)52(40-19-8-10-21-42(40)53)35-26-28-47-46(33-35)54-48(57(47)37-16-5-2-6-17-37)29-30-50-55(54)44-22-11-12-25-49(44)58-50/h2,5-13,16-34H,1,3-4,14-15H2. The zero-order valence-electron chi connectivity index (χ0n) is 32.5. The van der Waals surface area contributed by atoms with Crippen molar-refractivity contribution in [2.24, 2.45) is 0 Å². The van der Waals surface area contributed by atoms with Gasteiger partial charge in [0.05, 0.1) is 11.0 Å². The highest BCUT2D eigenvalue weighted by atomic mass is 32.1. The van der Waals surface area contributed by atoms with Gasteiger partial charge in [-0.05, 0) is 123 Å². The van der Waals surface area contributed by atoms with Crippen LogP contribution in [0.25, 0.3) is 113 Å². The Hall–Kier alpha value is -6.68. The zero-order valence-corrected chi connectivity index (χ0v) is 33.4. The van der Waals surface area contributed by atoms with Gasteiger partial charge in [0, 0.05) is 47.4 Å². The van der Waals surface area contributed by atoms with Crippen LogP contribution in [0.2, 0.25) is 0 Å². The first-order valence-electron chi connectivity index (χ1n) is 21.1. The predicted molar refractivity (Wildman–Crippen MR) is 253 cm³/mol. The van der Waals surface area contributed by atoms with Gasteiger partial charge in [0.25, 0.3) is 0 Å². The Morgan fingerprint density at radius 1 is 0.441 bits per heavy atom. The van der Waals surface area contributed by atoms with E-state index in [1.165, 1.54) is 123 Å². The fraction of sp³-hybridized carbons (Fsp3) is 0.107. The van der Waals surface area contributed by atoms with Crippen LogP contribution < -0.4 is 0 Å². The Labute approximate surface area is 345 Å². The van der Waals surface area contributed by atoms with Crippen LogP contribution in [0, 0.1) is 0 Å². The van der Waals surface area contributed by atoms with Crippen molar-refractivity contribution < 1.29 is 4.42 Å². The summed E-state index contributed by atoms with van der Waals surface area (Å²) < 4.78 is 11.8. The summed E-state index contributed by atoms with van der Waals surface area (Å²) in [5, 5.41) is 12.6. The van der Waals surface area contributed by atoms with Crippen molar-refractivity contribution in [2.75, 3.05) is 0 Å². The van der Waals surface area contributed by atoms with Crippen LogP contribution >= 0.6 is 11.3 Å². The average Bonchev–Trinajstić information content (AvgIpc) is 3.97. The highest BCUT2D eigenvalue weighted by molar-refractivity contribution is 7.26. The van der Waals surface area contributed by atoms with E-state index < -0.39 is 0 Å². The van der Waals surface area contributed by atoms with Gasteiger partial charge in [-0.25, -0.2) is 0 Å². The second kappa shape index (κ2) is 12.9. The summed E-state index contributed by atoms with van der Waals surface area (Å²) in [6, 6.07) is 63.1. The molecule has 0 N–H and O–H groups in total. The van der Waals surface area contributed by atoms with Crippen molar-refractivity contribution in [3.8, 4) is 27.9 Å². The molecule has 9 aromatic carbocycles. The lowest BCUT2D eigenvalue weighted by Crippen LogP contribution is -2.04. The Morgan fingerprint density at radius 3 is 1.78 bits per heavy atom. The lowest BCUT2D eigenvalue weighted by atomic mass is 9.83. The molecule has 0 spiro atoms. The molecule has 1 aliphatic carbocycles. The molecule has 0 aliphatic heterocycles. The van der Waals surface area contributed by atoms with Gasteiger partial charge in [0.15, 0.2) is 0 Å². The molecular weight excluding hydrogens is 735 g/mol. The summed E-state index contributed by atoms with van der Waals surface area (Å²) >= 11 is 1.99. The minimum absolute atomic E-state index is 0.680. The van der Waals surface area contributed by atoms with Crippen molar-refractivity contribution in [2.45, 2.75) is 38.0 Å². The van der Waals surface area contributed by atoms with Crippen molar-refractivity contribution in [3.63, 3.8) is 0 Å². The quantitative estimate of drug-likeness (QED) is 0.163. The second-order valence-electron chi connectivity index (χ2n) is 16.5. The smallest absolute Gasteiger partial charge is 0.136 e. The van der Waals surface area contributed by atoms with Gasteiger partial charge >= 0.3 is 0 Å². The summed E-state index contributed by atoms with van der Waals surface area (Å²) in [6.07, 6.45) is 6.71. The van der Waals surface area contributed by atoms with E-state index >= 15 is 0 Å². The largest absolute Gasteiger partial charge is 0.456 e. The van der Waals surface area contributed by atoms with Gasteiger partial charge in [-0.2, -0.15) is 0 Å². The predicted octanol–water partition coefficient (Wildman–Crippen LogP) is 16.7. The fourth-order valence-corrected chi connectivity index (χ4v) is 12.1. The number of hydrogen-bond donors (Lipinski definition) is 0. The van der Waals surface area contributed by atoms with E-state index in [0.29, 0.717) is 5.92 Å². The lowest BCUT2D eigenvalue weighted by Gasteiger charge is -2.22. The second-order valence-corrected chi connectivity index (χ2v) is 17.6. The Kier molecular flexibility index (Phi) is 7.29. The molecule has 0 radical (unpaired) electrons. The van der Waals surface area contributed by atoms with Crippen LogP contribution in [0.4, 0.5) is 0 Å². The molecule has 12 aromatic rings. The topological polar surface area (TPSA) is 18.1 Å². The number of aromatic nitrogens is 1. The first-order chi connectivity index (χ1) is 29.3. The molecule has 13 rings (SSSR count). The Balaban J connectivity index is 1.07. The molecule has 0 saturated heterocycles. The van der Waals surface area contributed by atoms with E-state index in [2.05, 4.69) is 174 Å². The molecule has 0 bridgehead atoms. The number of benzene rings is 9.